The second kappa shape index (κ2) is 12.0. The van der Waals surface area contributed by atoms with Crippen LogP contribution in [0.5, 0.6) is 5.75 Å². The highest BCUT2D eigenvalue weighted by molar-refractivity contribution is 6.35. The van der Waals surface area contributed by atoms with Gasteiger partial charge in [0.15, 0.2) is 0 Å². The van der Waals surface area contributed by atoms with Crippen LogP contribution in [0, 0.1) is 6.92 Å². The Morgan fingerprint density at radius 2 is 1.72 bits per heavy atom. The van der Waals surface area contributed by atoms with E-state index in [-0.39, 0.29) is 12.5 Å². The van der Waals surface area contributed by atoms with Crippen LogP contribution in [0.4, 0.5) is 0 Å². The maximum Gasteiger partial charge on any atom is 0.271 e. The molecule has 0 fully saturated rings. The second-order valence-corrected chi connectivity index (χ2v) is 9.67. The first-order valence-electron chi connectivity index (χ1n) is 12.2. The van der Waals surface area contributed by atoms with Gasteiger partial charge in [-0.1, -0.05) is 77.3 Å². The average Bonchev–Trinajstić information content (AvgIpc) is 3.38. The van der Waals surface area contributed by atoms with Gasteiger partial charge < -0.3 is 4.74 Å². The number of rotatable bonds is 8. The molecule has 0 aliphatic heterocycles. The van der Waals surface area contributed by atoms with Crippen molar-refractivity contribution in [3.8, 4) is 22.7 Å². The number of ether oxygens (including phenoxy) is 1. The van der Waals surface area contributed by atoms with E-state index in [1.807, 2.05) is 73.8 Å². The zero-order valence-corrected chi connectivity index (χ0v) is 22.5. The van der Waals surface area contributed by atoms with Gasteiger partial charge in [0.2, 0.25) is 0 Å². The van der Waals surface area contributed by atoms with Gasteiger partial charge in [-0.2, -0.15) is 10.2 Å². The van der Waals surface area contributed by atoms with Crippen molar-refractivity contribution in [3.63, 3.8) is 0 Å². The molecule has 0 spiro atoms. The number of hydrogen-bond donors (Lipinski definition) is 1. The molecule has 8 heteroatoms. The number of aryl methyl sites for hydroxylation is 1. The predicted molar refractivity (Wildman–Crippen MR) is 156 cm³/mol. The van der Waals surface area contributed by atoms with Crippen molar-refractivity contribution < 1.29 is 9.53 Å². The number of benzene rings is 4. The van der Waals surface area contributed by atoms with E-state index < -0.39 is 0 Å². The Labute approximate surface area is 236 Å². The van der Waals surface area contributed by atoms with Gasteiger partial charge in [-0.3, -0.25) is 4.79 Å². The number of hydrogen-bond acceptors (Lipinski definition) is 4. The normalized spacial score (nSPS) is 11.1. The number of nitrogens with one attached hydrogen (secondary N) is 1. The highest BCUT2D eigenvalue weighted by Crippen LogP contribution is 2.24. The van der Waals surface area contributed by atoms with E-state index in [1.54, 1.807) is 47.3 Å². The van der Waals surface area contributed by atoms with Gasteiger partial charge in [-0.25, -0.2) is 10.1 Å². The molecule has 39 heavy (non-hydrogen) atoms. The van der Waals surface area contributed by atoms with E-state index in [4.69, 9.17) is 33.0 Å². The molecule has 0 radical (unpaired) electrons. The molecule has 0 bridgehead atoms. The molecule has 4 aromatic carbocycles. The lowest BCUT2D eigenvalue weighted by molar-refractivity contribution is 0.0955. The quantitative estimate of drug-likeness (QED) is 0.159. The number of hydrazone groups is 1. The number of halogens is 2. The molecule has 5 rings (SSSR count). The lowest BCUT2D eigenvalue weighted by Crippen LogP contribution is -2.17. The summed E-state index contributed by atoms with van der Waals surface area (Å²) in [5.41, 5.74) is 8.44. The summed E-state index contributed by atoms with van der Waals surface area (Å²) in [6, 6.07) is 30.0. The number of carbonyl (C=O) groups excluding carboxylic acids is 1. The van der Waals surface area contributed by atoms with Gasteiger partial charge in [0.1, 0.15) is 18.1 Å². The third-order valence-electron chi connectivity index (χ3n) is 5.98. The summed E-state index contributed by atoms with van der Waals surface area (Å²) in [6.45, 7) is 2.32. The molecule has 1 amide bonds. The number of aromatic nitrogens is 2. The molecule has 1 aromatic heterocycles. The molecule has 0 atom stereocenters. The molecular weight excluding hydrogens is 531 g/mol. The summed E-state index contributed by atoms with van der Waals surface area (Å²) < 4.78 is 7.59. The minimum absolute atomic E-state index is 0.284. The highest BCUT2D eigenvalue weighted by Gasteiger charge is 2.12. The van der Waals surface area contributed by atoms with Crippen molar-refractivity contribution in [1.82, 2.24) is 15.2 Å². The molecule has 0 aliphatic rings. The molecule has 1 heterocycles. The summed E-state index contributed by atoms with van der Waals surface area (Å²) in [5, 5.41) is 10.1. The van der Waals surface area contributed by atoms with E-state index in [0.29, 0.717) is 21.4 Å². The Morgan fingerprint density at radius 1 is 0.974 bits per heavy atom. The van der Waals surface area contributed by atoms with Crippen LogP contribution in [0.2, 0.25) is 10.0 Å². The summed E-state index contributed by atoms with van der Waals surface area (Å²) >= 11 is 12.1. The van der Waals surface area contributed by atoms with Crippen LogP contribution >= 0.6 is 23.2 Å². The van der Waals surface area contributed by atoms with E-state index in [9.17, 15) is 4.79 Å². The molecule has 0 saturated heterocycles. The molecule has 5 aromatic rings. The van der Waals surface area contributed by atoms with Crippen LogP contribution in [-0.4, -0.2) is 21.9 Å². The van der Waals surface area contributed by atoms with E-state index in [0.717, 1.165) is 33.6 Å². The van der Waals surface area contributed by atoms with Crippen LogP contribution in [0.15, 0.2) is 108 Å². The molecule has 1 N–H and O–H groups in total. The molecule has 0 saturated carbocycles. The van der Waals surface area contributed by atoms with E-state index in [1.165, 1.54) is 0 Å². The van der Waals surface area contributed by atoms with Crippen molar-refractivity contribution in [2.75, 3.05) is 0 Å². The van der Waals surface area contributed by atoms with Gasteiger partial charge >= 0.3 is 0 Å². The van der Waals surface area contributed by atoms with Crippen molar-refractivity contribution >= 4 is 35.3 Å². The number of para-hydroxylation sites is 1. The van der Waals surface area contributed by atoms with Crippen LogP contribution in [0.25, 0.3) is 16.9 Å². The van der Waals surface area contributed by atoms with Crippen molar-refractivity contribution in [2.45, 2.75) is 13.5 Å². The Morgan fingerprint density at radius 3 is 2.44 bits per heavy atom. The molecular formula is C31H24Cl2N4O2. The first-order chi connectivity index (χ1) is 19.0. The first kappa shape index (κ1) is 26.2. The average molecular weight is 555 g/mol. The van der Waals surface area contributed by atoms with Gasteiger partial charge in [-0.15, -0.1) is 0 Å². The predicted octanol–water partition coefficient (Wildman–Crippen LogP) is 7.50. The minimum atomic E-state index is -0.342. The monoisotopic (exact) mass is 554 g/mol. The Hall–Kier alpha value is -4.39. The fraction of sp³-hybridized carbons (Fsp3) is 0.0645. The SMILES string of the molecule is Cc1ccc(-c2nn(-c3ccccc3)cc2/C=N/NC(=O)c2ccc(OCc3ccc(Cl)cc3Cl)cc2)cc1. The molecule has 0 unspecified atom stereocenters. The van der Waals surface area contributed by atoms with E-state index >= 15 is 0 Å². The maximum absolute atomic E-state index is 12.7. The standard InChI is InChI=1S/C31H24Cl2N4O2/c1-21-7-9-22(10-8-21)30-25(19-37(36-30)27-5-3-2-4-6-27)18-34-35-31(38)23-12-15-28(16-13-23)39-20-24-11-14-26(32)17-29(24)33/h2-19H,20H2,1H3,(H,35,38)/b34-18+. The Balaban J connectivity index is 1.27. The Bertz CT molecular complexity index is 1610. The summed E-state index contributed by atoms with van der Waals surface area (Å²) in [4.78, 5) is 12.7. The maximum atomic E-state index is 12.7. The van der Waals surface area contributed by atoms with Crippen LogP contribution in [-0.2, 0) is 6.61 Å². The van der Waals surface area contributed by atoms with Crippen molar-refractivity contribution in [2.24, 2.45) is 5.10 Å². The molecule has 6 nitrogen and oxygen atoms in total. The third kappa shape index (κ3) is 6.55. The fourth-order valence-electron chi connectivity index (χ4n) is 3.86. The number of nitrogens with zero attached hydrogens (tertiary/aromatic N) is 3. The van der Waals surface area contributed by atoms with Crippen LogP contribution < -0.4 is 10.2 Å². The highest BCUT2D eigenvalue weighted by atomic mass is 35.5. The lowest BCUT2D eigenvalue weighted by Gasteiger charge is -2.08. The molecule has 0 aliphatic carbocycles. The van der Waals surface area contributed by atoms with Gasteiger partial charge in [0.05, 0.1) is 11.9 Å². The summed E-state index contributed by atoms with van der Waals surface area (Å²) in [6.07, 6.45) is 3.49. The lowest BCUT2D eigenvalue weighted by atomic mass is 10.1. The summed E-state index contributed by atoms with van der Waals surface area (Å²) in [7, 11) is 0. The van der Waals surface area contributed by atoms with E-state index in [2.05, 4.69) is 10.5 Å². The summed E-state index contributed by atoms with van der Waals surface area (Å²) in [5.74, 6) is 0.267. The largest absolute Gasteiger partial charge is 0.489 e. The van der Waals surface area contributed by atoms with Crippen molar-refractivity contribution in [3.05, 3.63) is 136 Å². The van der Waals surface area contributed by atoms with Gasteiger partial charge in [0, 0.05) is 38.5 Å². The Kier molecular flexibility index (Phi) is 8.06. The third-order valence-corrected chi connectivity index (χ3v) is 6.57. The zero-order valence-electron chi connectivity index (χ0n) is 21.0. The number of amides is 1. The van der Waals surface area contributed by atoms with Crippen LogP contribution in [0.1, 0.15) is 27.0 Å². The minimum Gasteiger partial charge on any atom is -0.489 e. The topological polar surface area (TPSA) is 68.5 Å². The van der Waals surface area contributed by atoms with Crippen LogP contribution in [0.3, 0.4) is 0 Å². The zero-order chi connectivity index (χ0) is 27.2. The smallest absolute Gasteiger partial charge is 0.271 e. The number of carbonyl (C=O) groups is 1. The molecule has 194 valence electrons. The van der Waals surface area contributed by atoms with Gasteiger partial charge in [-0.05, 0) is 55.5 Å². The van der Waals surface area contributed by atoms with Gasteiger partial charge in [0.25, 0.3) is 5.91 Å². The second-order valence-electron chi connectivity index (χ2n) is 8.83. The van der Waals surface area contributed by atoms with Crippen molar-refractivity contribution in [1.29, 1.82) is 0 Å². The first-order valence-corrected chi connectivity index (χ1v) is 12.9. The fourth-order valence-corrected chi connectivity index (χ4v) is 4.32.